The van der Waals surface area contributed by atoms with Gasteiger partial charge in [0.25, 0.3) is 0 Å². The van der Waals surface area contributed by atoms with Crippen molar-refractivity contribution in [2.45, 2.75) is 31.2 Å². The van der Waals surface area contributed by atoms with Gasteiger partial charge in [0.2, 0.25) is 5.91 Å². The number of aromatic nitrogens is 2. The third kappa shape index (κ3) is 2.48. The van der Waals surface area contributed by atoms with Crippen LogP contribution in [0.1, 0.15) is 30.9 Å². The molecule has 2 aliphatic heterocycles. The topological polar surface area (TPSA) is 61.4 Å². The lowest BCUT2D eigenvalue weighted by atomic mass is 9.83. The molecule has 6 nitrogen and oxygen atoms in total. The first kappa shape index (κ1) is 13.0. The highest BCUT2D eigenvalue weighted by atomic mass is 16.2. The molecule has 1 saturated carbocycles. The van der Waals surface area contributed by atoms with Crippen molar-refractivity contribution in [3.8, 4) is 0 Å². The molecule has 112 valence electrons. The van der Waals surface area contributed by atoms with Gasteiger partial charge in [-0.15, -0.1) is 0 Å². The molecule has 0 atom stereocenters. The molecule has 3 fully saturated rings. The molecule has 0 radical (unpaired) electrons. The van der Waals surface area contributed by atoms with Gasteiger partial charge in [0.05, 0.1) is 6.54 Å². The summed E-state index contributed by atoms with van der Waals surface area (Å²) in [6.07, 6.45) is 5.56. The Labute approximate surface area is 124 Å². The van der Waals surface area contributed by atoms with Crippen molar-refractivity contribution in [3.05, 3.63) is 18.1 Å². The summed E-state index contributed by atoms with van der Waals surface area (Å²) >= 11 is 0. The van der Waals surface area contributed by atoms with E-state index in [9.17, 15) is 4.79 Å². The maximum absolute atomic E-state index is 11.4. The number of nitrogens with zero attached hydrogens (tertiary/aromatic N) is 4. The Kier molecular flexibility index (Phi) is 3.25. The van der Waals surface area contributed by atoms with Crippen molar-refractivity contribution in [1.29, 1.82) is 0 Å². The van der Waals surface area contributed by atoms with Gasteiger partial charge in [-0.05, 0) is 12.8 Å². The molecule has 3 aliphatic rings. The minimum Gasteiger partial charge on any atom is -0.354 e. The van der Waals surface area contributed by atoms with Crippen LogP contribution in [0.5, 0.6) is 0 Å². The fourth-order valence-corrected chi connectivity index (χ4v) is 3.31. The van der Waals surface area contributed by atoms with E-state index in [-0.39, 0.29) is 5.91 Å². The van der Waals surface area contributed by atoms with Crippen LogP contribution >= 0.6 is 0 Å². The van der Waals surface area contributed by atoms with Crippen molar-refractivity contribution in [1.82, 2.24) is 20.2 Å². The molecular weight excluding hydrogens is 266 g/mol. The maximum Gasteiger partial charge on any atom is 0.234 e. The van der Waals surface area contributed by atoms with Gasteiger partial charge in [-0.1, -0.05) is 6.42 Å². The molecular formula is C15H21N5O. The molecule has 0 aromatic carbocycles. The van der Waals surface area contributed by atoms with E-state index in [2.05, 4.69) is 31.2 Å². The van der Waals surface area contributed by atoms with Gasteiger partial charge >= 0.3 is 0 Å². The van der Waals surface area contributed by atoms with E-state index in [1.165, 1.54) is 25.0 Å². The summed E-state index contributed by atoms with van der Waals surface area (Å²) in [5.74, 6) is 1.84. The van der Waals surface area contributed by atoms with Crippen LogP contribution in [-0.4, -0.2) is 59.5 Å². The Bertz CT molecular complexity index is 539. The molecule has 21 heavy (non-hydrogen) atoms. The molecule has 1 N–H and O–H groups in total. The molecule has 1 aromatic rings. The van der Waals surface area contributed by atoms with Crippen molar-refractivity contribution >= 4 is 11.7 Å². The standard InChI is InChI=1S/C15H21N5O/c21-15-9-19(5-4-16-15)12-7-20(8-12)14-6-13(17-10-18-14)11-2-1-3-11/h6,10-12H,1-5,7-9H2,(H,16,21). The number of rotatable bonds is 3. The van der Waals surface area contributed by atoms with Gasteiger partial charge in [0.15, 0.2) is 0 Å². The summed E-state index contributed by atoms with van der Waals surface area (Å²) in [5, 5.41) is 2.88. The molecule has 0 unspecified atom stereocenters. The van der Waals surface area contributed by atoms with Gasteiger partial charge in [0, 0.05) is 49.9 Å². The van der Waals surface area contributed by atoms with Crippen molar-refractivity contribution in [2.75, 3.05) is 37.6 Å². The lowest BCUT2D eigenvalue weighted by Crippen LogP contribution is -2.64. The maximum atomic E-state index is 11.4. The number of carbonyl (C=O) groups excluding carboxylic acids is 1. The number of piperazine rings is 1. The number of hydrogen-bond donors (Lipinski definition) is 1. The quantitative estimate of drug-likeness (QED) is 0.870. The Morgan fingerprint density at radius 2 is 2.10 bits per heavy atom. The van der Waals surface area contributed by atoms with Crippen LogP contribution in [-0.2, 0) is 4.79 Å². The zero-order valence-corrected chi connectivity index (χ0v) is 12.2. The van der Waals surface area contributed by atoms with E-state index in [1.807, 2.05) is 0 Å². The van der Waals surface area contributed by atoms with Gasteiger partial charge in [-0.3, -0.25) is 9.69 Å². The number of hydrogen-bond acceptors (Lipinski definition) is 5. The molecule has 6 heteroatoms. The van der Waals surface area contributed by atoms with E-state index >= 15 is 0 Å². The van der Waals surface area contributed by atoms with Crippen LogP contribution < -0.4 is 10.2 Å². The average Bonchev–Trinajstić information content (AvgIpc) is 2.35. The largest absolute Gasteiger partial charge is 0.354 e. The van der Waals surface area contributed by atoms with E-state index in [1.54, 1.807) is 6.33 Å². The normalized spacial score (nSPS) is 24.4. The van der Waals surface area contributed by atoms with Crippen LogP contribution in [0.3, 0.4) is 0 Å². The summed E-state index contributed by atoms with van der Waals surface area (Å²) in [6, 6.07) is 2.64. The predicted molar refractivity (Wildman–Crippen MR) is 79.2 cm³/mol. The van der Waals surface area contributed by atoms with Gasteiger partial charge < -0.3 is 10.2 Å². The number of carbonyl (C=O) groups is 1. The Hall–Kier alpha value is -1.69. The summed E-state index contributed by atoms with van der Waals surface area (Å²) in [6.45, 7) is 4.20. The lowest BCUT2D eigenvalue weighted by molar-refractivity contribution is -0.125. The zero-order chi connectivity index (χ0) is 14.2. The second-order valence-corrected chi connectivity index (χ2v) is 6.31. The summed E-state index contributed by atoms with van der Waals surface area (Å²) < 4.78 is 0. The molecule has 0 spiro atoms. The number of nitrogens with one attached hydrogen (secondary N) is 1. The van der Waals surface area contributed by atoms with E-state index in [0.29, 0.717) is 18.5 Å². The summed E-state index contributed by atoms with van der Waals surface area (Å²) in [5.41, 5.74) is 1.20. The van der Waals surface area contributed by atoms with E-state index in [4.69, 9.17) is 0 Å². The molecule has 4 rings (SSSR count). The minimum atomic E-state index is 0.147. The van der Waals surface area contributed by atoms with Crippen molar-refractivity contribution in [2.24, 2.45) is 0 Å². The molecule has 0 bridgehead atoms. The van der Waals surface area contributed by atoms with Crippen LogP contribution in [0.2, 0.25) is 0 Å². The minimum absolute atomic E-state index is 0.147. The number of anilines is 1. The van der Waals surface area contributed by atoms with E-state index < -0.39 is 0 Å². The van der Waals surface area contributed by atoms with Gasteiger partial charge in [0.1, 0.15) is 12.1 Å². The van der Waals surface area contributed by atoms with Crippen LogP contribution in [0.4, 0.5) is 5.82 Å². The third-order valence-corrected chi connectivity index (χ3v) is 4.97. The highest BCUT2D eigenvalue weighted by Crippen LogP contribution is 2.36. The van der Waals surface area contributed by atoms with Gasteiger partial charge in [-0.25, -0.2) is 9.97 Å². The van der Waals surface area contributed by atoms with Crippen LogP contribution in [0, 0.1) is 0 Å². The van der Waals surface area contributed by atoms with Crippen molar-refractivity contribution < 1.29 is 4.79 Å². The van der Waals surface area contributed by atoms with Gasteiger partial charge in [-0.2, -0.15) is 0 Å². The Morgan fingerprint density at radius 1 is 1.24 bits per heavy atom. The molecule has 1 amide bonds. The highest BCUT2D eigenvalue weighted by molar-refractivity contribution is 5.78. The second-order valence-electron chi connectivity index (χ2n) is 6.31. The van der Waals surface area contributed by atoms with Crippen LogP contribution in [0.25, 0.3) is 0 Å². The highest BCUT2D eigenvalue weighted by Gasteiger charge is 2.35. The molecule has 1 aromatic heterocycles. The first-order valence-corrected chi connectivity index (χ1v) is 7.87. The SMILES string of the molecule is O=C1CN(C2CN(c3cc(C4CCC4)ncn3)C2)CCN1. The molecule has 1 aliphatic carbocycles. The summed E-state index contributed by atoms with van der Waals surface area (Å²) in [4.78, 5) is 24.8. The first-order chi connectivity index (χ1) is 10.3. The predicted octanol–water partition coefficient (Wildman–Crippen LogP) is 0.365. The Morgan fingerprint density at radius 3 is 2.81 bits per heavy atom. The fourth-order valence-electron chi connectivity index (χ4n) is 3.31. The van der Waals surface area contributed by atoms with Crippen LogP contribution in [0.15, 0.2) is 12.4 Å². The monoisotopic (exact) mass is 287 g/mol. The third-order valence-electron chi connectivity index (χ3n) is 4.97. The fraction of sp³-hybridized carbons (Fsp3) is 0.667. The lowest BCUT2D eigenvalue weighted by Gasteiger charge is -2.47. The smallest absolute Gasteiger partial charge is 0.234 e. The zero-order valence-electron chi connectivity index (χ0n) is 12.2. The van der Waals surface area contributed by atoms with E-state index in [0.717, 1.165) is 32.0 Å². The Balaban J connectivity index is 1.37. The first-order valence-electron chi connectivity index (χ1n) is 7.87. The summed E-state index contributed by atoms with van der Waals surface area (Å²) in [7, 11) is 0. The molecule has 2 saturated heterocycles. The average molecular weight is 287 g/mol. The second kappa shape index (κ2) is 5.26. The number of amides is 1. The molecule has 3 heterocycles. The van der Waals surface area contributed by atoms with Crippen molar-refractivity contribution in [3.63, 3.8) is 0 Å².